The lowest BCUT2D eigenvalue weighted by atomic mass is 9.77. The first-order valence-corrected chi connectivity index (χ1v) is 8.23. The van der Waals surface area contributed by atoms with Gasteiger partial charge < -0.3 is 20.5 Å². The van der Waals surface area contributed by atoms with Crippen LogP contribution in [0.5, 0.6) is 5.75 Å². The minimum absolute atomic E-state index is 0.0719. The molecule has 1 aromatic rings. The van der Waals surface area contributed by atoms with Crippen LogP contribution >= 0.6 is 0 Å². The molecule has 1 aromatic carbocycles. The molecule has 1 aliphatic rings. The quantitative estimate of drug-likeness (QED) is 0.823. The lowest BCUT2D eigenvalue weighted by Gasteiger charge is -2.43. The molecule has 1 aliphatic heterocycles. The van der Waals surface area contributed by atoms with Crippen molar-refractivity contribution >= 4 is 11.8 Å². The largest absolute Gasteiger partial charge is 0.489 e. The molecule has 3 N–H and O–H groups in total. The average molecular weight is 320 g/mol. The van der Waals surface area contributed by atoms with Gasteiger partial charge in [-0.1, -0.05) is 27.7 Å². The van der Waals surface area contributed by atoms with E-state index in [9.17, 15) is 9.90 Å². The molecular formula is C18H28N2O3. The number of carboxylic acid groups (broad SMARTS) is 1. The second-order valence-electron chi connectivity index (χ2n) is 7.42. The van der Waals surface area contributed by atoms with Gasteiger partial charge in [-0.15, -0.1) is 0 Å². The Morgan fingerprint density at radius 3 is 2.65 bits per heavy atom. The number of amides is 1. The molecule has 128 valence electrons. The summed E-state index contributed by atoms with van der Waals surface area (Å²) in [6, 6.07) is 3.69. The van der Waals surface area contributed by atoms with Crippen molar-refractivity contribution in [2.75, 3.05) is 12.3 Å². The minimum Gasteiger partial charge on any atom is -0.489 e. The summed E-state index contributed by atoms with van der Waals surface area (Å²) in [4.78, 5) is 13.2. The molecule has 0 radical (unpaired) electrons. The molecule has 0 aromatic heterocycles. The van der Waals surface area contributed by atoms with Crippen molar-refractivity contribution in [3.05, 3.63) is 23.3 Å². The Bertz CT molecular complexity index is 593. The van der Waals surface area contributed by atoms with E-state index in [0.717, 1.165) is 17.5 Å². The highest BCUT2D eigenvalue weighted by atomic mass is 16.5. The van der Waals surface area contributed by atoms with Gasteiger partial charge in [0.25, 0.3) is 0 Å². The molecule has 0 spiro atoms. The molecule has 0 fully saturated rings. The molecule has 0 aliphatic carbocycles. The maximum atomic E-state index is 11.7. The maximum Gasteiger partial charge on any atom is 0.407 e. The second-order valence-corrected chi connectivity index (χ2v) is 7.42. The zero-order valence-corrected chi connectivity index (χ0v) is 14.7. The third kappa shape index (κ3) is 3.54. The third-order valence-electron chi connectivity index (χ3n) is 4.47. The summed E-state index contributed by atoms with van der Waals surface area (Å²) in [6.07, 6.45) is 0.766. The van der Waals surface area contributed by atoms with Crippen LogP contribution in [0.2, 0.25) is 0 Å². The van der Waals surface area contributed by atoms with Gasteiger partial charge in [0.2, 0.25) is 0 Å². The fourth-order valence-electron chi connectivity index (χ4n) is 3.21. The summed E-state index contributed by atoms with van der Waals surface area (Å²) in [7, 11) is 0. The normalized spacial score (nSPS) is 19.2. The number of nitrogen functional groups attached to an aromatic ring is 1. The first kappa shape index (κ1) is 17.4. The highest BCUT2D eigenvalue weighted by molar-refractivity contribution is 5.68. The van der Waals surface area contributed by atoms with Crippen molar-refractivity contribution in [3.63, 3.8) is 0 Å². The van der Waals surface area contributed by atoms with Crippen LogP contribution in [0.4, 0.5) is 10.5 Å². The molecule has 1 amide bonds. The van der Waals surface area contributed by atoms with E-state index < -0.39 is 6.09 Å². The lowest BCUT2D eigenvalue weighted by Crippen LogP contribution is -2.44. The van der Waals surface area contributed by atoms with Gasteiger partial charge in [0.05, 0.1) is 17.8 Å². The number of rotatable bonds is 3. The molecule has 0 saturated carbocycles. The number of anilines is 1. The number of carbonyl (C=O) groups is 1. The summed E-state index contributed by atoms with van der Waals surface area (Å²) in [5.74, 6) is 0.652. The topological polar surface area (TPSA) is 75.8 Å². The molecule has 5 nitrogen and oxygen atoms in total. The van der Waals surface area contributed by atoms with Crippen LogP contribution in [-0.4, -0.2) is 28.7 Å². The minimum atomic E-state index is -0.878. The Hall–Kier alpha value is -1.91. The van der Waals surface area contributed by atoms with Crippen LogP contribution in [0.1, 0.15) is 58.2 Å². The number of fused-ring (bicyclic) bond motifs is 1. The van der Waals surface area contributed by atoms with E-state index in [1.165, 1.54) is 4.90 Å². The van der Waals surface area contributed by atoms with Gasteiger partial charge in [-0.2, -0.15) is 0 Å². The van der Waals surface area contributed by atoms with Gasteiger partial charge in [0.15, 0.2) is 0 Å². The van der Waals surface area contributed by atoms with Crippen LogP contribution < -0.4 is 10.5 Å². The fourth-order valence-corrected chi connectivity index (χ4v) is 3.21. The van der Waals surface area contributed by atoms with Crippen LogP contribution in [0.25, 0.3) is 0 Å². The molecule has 1 heterocycles. The summed E-state index contributed by atoms with van der Waals surface area (Å²) < 4.78 is 5.93. The molecule has 0 saturated heterocycles. The van der Waals surface area contributed by atoms with Gasteiger partial charge in [-0.05, 0) is 48.4 Å². The van der Waals surface area contributed by atoms with Gasteiger partial charge in [-0.3, -0.25) is 0 Å². The van der Waals surface area contributed by atoms with Crippen molar-refractivity contribution in [1.29, 1.82) is 0 Å². The smallest absolute Gasteiger partial charge is 0.407 e. The van der Waals surface area contributed by atoms with E-state index in [2.05, 4.69) is 27.7 Å². The van der Waals surface area contributed by atoms with Crippen LogP contribution in [0.15, 0.2) is 12.1 Å². The van der Waals surface area contributed by atoms with E-state index >= 15 is 0 Å². The molecule has 23 heavy (non-hydrogen) atoms. The Balaban J connectivity index is 2.51. The monoisotopic (exact) mass is 320 g/mol. The molecule has 2 rings (SSSR count). The number of nitrogens with zero attached hydrogens (tertiary/aromatic N) is 1. The van der Waals surface area contributed by atoms with Crippen LogP contribution in [0, 0.1) is 5.41 Å². The van der Waals surface area contributed by atoms with Crippen LogP contribution in [-0.2, 0) is 6.42 Å². The van der Waals surface area contributed by atoms with E-state index in [0.29, 0.717) is 24.4 Å². The third-order valence-corrected chi connectivity index (χ3v) is 4.47. The Morgan fingerprint density at radius 1 is 1.48 bits per heavy atom. The predicted molar refractivity (Wildman–Crippen MR) is 91.9 cm³/mol. The first-order chi connectivity index (χ1) is 10.6. The first-order valence-electron chi connectivity index (χ1n) is 8.23. The van der Waals surface area contributed by atoms with E-state index in [1.807, 2.05) is 19.1 Å². The Labute approximate surface area is 138 Å². The molecule has 2 atom stereocenters. The van der Waals surface area contributed by atoms with E-state index in [1.54, 1.807) is 0 Å². The summed E-state index contributed by atoms with van der Waals surface area (Å²) in [5, 5.41) is 9.57. The Kier molecular flexibility index (Phi) is 4.78. The van der Waals surface area contributed by atoms with Crippen molar-refractivity contribution in [3.8, 4) is 5.75 Å². The van der Waals surface area contributed by atoms with Gasteiger partial charge >= 0.3 is 6.09 Å². The second kappa shape index (κ2) is 6.30. The maximum absolute atomic E-state index is 11.7. The molecule has 5 heteroatoms. The summed E-state index contributed by atoms with van der Waals surface area (Å²) in [6.45, 7) is 10.7. The zero-order valence-electron chi connectivity index (χ0n) is 14.7. The number of nitrogens with two attached hydrogens (primary N) is 1. The van der Waals surface area contributed by atoms with E-state index in [4.69, 9.17) is 10.5 Å². The predicted octanol–water partition coefficient (Wildman–Crippen LogP) is 4.07. The molecule has 0 bridgehead atoms. The van der Waals surface area contributed by atoms with Crippen molar-refractivity contribution in [2.24, 2.45) is 5.41 Å². The lowest BCUT2D eigenvalue weighted by molar-refractivity contribution is 0.0756. The molecule has 2 unspecified atom stereocenters. The van der Waals surface area contributed by atoms with Gasteiger partial charge in [0.1, 0.15) is 5.75 Å². The zero-order chi connectivity index (χ0) is 17.4. The highest BCUT2D eigenvalue weighted by Gasteiger charge is 2.39. The summed E-state index contributed by atoms with van der Waals surface area (Å²) in [5.41, 5.74) is 8.69. The SMILES string of the molecule is CCC(C)Oc1cc2c(cc1N)CCN(C(=O)O)C2C(C)(C)C. The summed E-state index contributed by atoms with van der Waals surface area (Å²) >= 11 is 0. The number of benzene rings is 1. The number of hydrogen-bond donors (Lipinski definition) is 2. The van der Waals surface area contributed by atoms with E-state index in [-0.39, 0.29) is 17.6 Å². The molecular weight excluding hydrogens is 292 g/mol. The number of hydrogen-bond acceptors (Lipinski definition) is 3. The Morgan fingerprint density at radius 2 is 2.13 bits per heavy atom. The van der Waals surface area contributed by atoms with Gasteiger partial charge in [-0.25, -0.2) is 4.79 Å². The highest BCUT2D eigenvalue weighted by Crippen LogP contribution is 2.44. The standard InChI is InChI=1S/C18H28N2O3/c1-6-11(2)23-15-10-13-12(9-14(15)19)7-8-20(17(21)22)16(13)18(3,4)5/h9-11,16H,6-8,19H2,1-5H3,(H,21,22). The van der Waals surface area contributed by atoms with Crippen molar-refractivity contribution in [1.82, 2.24) is 4.90 Å². The van der Waals surface area contributed by atoms with Gasteiger partial charge in [0, 0.05) is 6.54 Å². The van der Waals surface area contributed by atoms with Crippen molar-refractivity contribution in [2.45, 2.75) is 59.6 Å². The van der Waals surface area contributed by atoms with Crippen molar-refractivity contribution < 1.29 is 14.6 Å². The van der Waals surface area contributed by atoms with Crippen LogP contribution in [0.3, 0.4) is 0 Å². The average Bonchev–Trinajstić information content (AvgIpc) is 2.45. The number of ether oxygens (including phenoxy) is 1. The fraction of sp³-hybridized carbons (Fsp3) is 0.611.